The van der Waals surface area contributed by atoms with E-state index in [-0.39, 0.29) is 17.1 Å². The summed E-state index contributed by atoms with van der Waals surface area (Å²) in [5, 5.41) is 0. The molecule has 1 aliphatic heterocycles. The van der Waals surface area contributed by atoms with Crippen LogP contribution in [0.5, 0.6) is 5.75 Å². The number of carbonyl (C=O) groups is 2. The van der Waals surface area contributed by atoms with Crippen molar-refractivity contribution in [1.82, 2.24) is 0 Å². The quantitative estimate of drug-likeness (QED) is 0.819. The van der Waals surface area contributed by atoms with E-state index in [0.717, 1.165) is 4.47 Å². The maximum Gasteiger partial charge on any atom is 0.265 e. The van der Waals surface area contributed by atoms with Gasteiger partial charge in [-0.2, -0.15) is 0 Å². The molecule has 0 saturated carbocycles. The van der Waals surface area contributed by atoms with Gasteiger partial charge in [-0.1, -0.05) is 15.9 Å². The SMILES string of the molecule is COC1=CC2(OC)Oc3ccc(Br)cc3C(=O)C2=CC1=O. The maximum atomic E-state index is 12.6. The van der Waals surface area contributed by atoms with Crippen molar-refractivity contribution in [2.45, 2.75) is 5.79 Å². The van der Waals surface area contributed by atoms with Crippen LogP contribution >= 0.6 is 15.9 Å². The van der Waals surface area contributed by atoms with Crippen molar-refractivity contribution in [3.05, 3.63) is 51.7 Å². The highest BCUT2D eigenvalue weighted by Gasteiger charge is 2.48. The highest BCUT2D eigenvalue weighted by atomic mass is 79.9. The fraction of sp³-hybridized carbons (Fsp3) is 0.200. The van der Waals surface area contributed by atoms with Crippen molar-refractivity contribution >= 4 is 27.5 Å². The minimum Gasteiger partial charge on any atom is -0.493 e. The van der Waals surface area contributed by atoms with Crippen molar-refractivity contribution < 1.29 is 23.8 Å². The van der Waals surface area contributed by atoms with E-state index in [2.05, 4.69) is 15.9 Å². The summed E-state index contributed by atoms with van der Waals surface area (Å²) in [4.78, 5) is 24.6. The maximum absolute atomic E-state index is 12.6. The Morgan fingerprint density at radius 3 is 2.67 bits per heavy atom. The zero-order chi connectivity index (χ0) is 15.2. The Labute approximate surface area is 129 Å². The summed E-state index contributed by atoms with van der Waals surface area (Å²) in [6.45, 7) is 0. The van der Waals surface area contributed by atoms with E-state index in [1.54, 1.807) is 18.2 Å². The smallest absolute Gasteiger partial charge is 0.265 e. The van der Waals surface area contributed by atoms with Crippen LogP contribution in [-0.2, 0) is 14.3 Å². The number of Topliss-reactive ketones (excluding diaryl/α,β-unsaturated/α-hetero) is 1. The normalized spacial score (nSPS) is 23.6. The van der Waals surface area contributed by atoms with Gasteiger partial charge in [0.2, 0.25) is 5.78 Å². The average molecular weight is 351 g/mol. The van der Waals surface area contributed by atoms with Crippen molar-refractivity contribution in [3.63, 3.8) is 0 Å². The highest BCUT2D eigenvalue weighted by Crippen LogP contribution is 2.41. The molecule has 1 aromatic rings. The van der Waals surface area contributed by atoms with Gasteiger partial charge in [0.25, 0.3) is 5.79 Å². The number of ketones is 2. The number of rotatable bonds is 2. The third-order valence-corrected chi connectivity index (χ3v) is 3.92. The predicted octanol–water partition coefficient (Wildman–Crippen LogP) is 2.41. The van der Waals surface area contributed by atoms with Crippen LogP contribution in [0.15, 0.2) is 46.2 Å². The molecule has 1 unspecified atom stereocenters. The van der Waals surface area contributed by atoms with Crippen molar-refractivity contribution in [2.24, 2.45) is 0 Å². The summed E-state index contributed by atoms with van der Waals surface area (Å²) in [6, 6.07) is 5.09. The van der Waals surface area contributed by atoms with Crippen LogP contribution < -0.4 is 4.74 Å². The fourth-order valence-electron chi connectivity index (χ4n) is 2.38. The molecular weight excluding hydrogens is 340 g/mol. The van der Waals surface area contributed by atoms with E-state index in [1.165, 1.54) is 26.4 Å². The zero-order valence-electron chi connectivity index (χ0n) is 11.3. The second kappa shape index (κ2) is 4.82. The van der Waals surface area contributed by atoms with Crippen LogP contribution in [0.3, 0.4) is 0 Å². The minimum absolute atomic E-state index is 0.0777. The van der Waals surface area contributed by atoms with Crippen LogP contribution in [0.1, 0.15) is 10.4 Å². The molecule has 21 heavy (non-hydrogen) atoms. The Bertz CT molecular complexity index is 719. The molecule has 3 rings (SSSR count). The number of carbonyl (C=O) groups excluding carboxylic acids is 2. The van der Waals surface area contributed by atoms with Gasteiger partial charge in [-0.15, -0.1) is 0 Å². The predicted molar refractivity (Wildman–Crippen MR) is 77.0 cm³/mol. The largest absolute Gasteiger partial charge is 0.493 e. The number of methoxy groups -OCH3 is 2. The molecule has 0 bridgehead atoms. The number of benzene rings is 1. The Balaban J connectivity index is 2.21. The second-order valence-electron chi connectivity index (χ2n) is 4.58. The van der Waals surface area contributed by atoms with Gasteiger partial charge in [0, 0.05) is 23.7 Å². The van der Waals surface area contributed by atoms with Gasteiger partial charge in [-0.25, -0.2) is 0 Å². The highest BCUT2D eigenvalue weighted by molar-refractivity contribution is 9.10. The second-order valence-corrected chi connectivity index (χ2v) is 5.49. The summed E-state index contributed by atoms with van der Waals surface area (Å²) in [7, 11) is 2.78. The molecule has 0 aromatic heterocycles. The molecular formula is C15H11BrO5. The molecule has 0 N–H and O–H groups in total. The minimum atomic E-state index is -1.43. The Morgan fingerprint density at radius 1 is 1.24 bits per heavy atom. The third-order valence-electron chi connectivity index (χ3n) is 3.43. The van der Waals surface area contributed by atoms with Gasteiger partial charge < -0.3 is 14.2 Å². The monoisotopic (exact) mass is 350 g/mol. The van der Waals surface area contributed by atoms with E-state index >= 15 is 0 Å². The van der Waals surface area contributed by atoms with Gasteiger partial charge in [0.1, 0.15) is 5.75 Å². The number of fused-ring (bicyclic) bond motifs is 2. The standard InChI is InChI=1S/C15H11BrO5/c1-19-13-7-15(20-2)10(6-11(13)17)14(18)9-5-8(16)3-4-12(9)21-15/h3-7H,1-2H3. The number of allylic oxidation sites excluding steroid dienone is 1. The Kier molecular flexibility index (Phi) is 3.22. The van der Waals surface area contributed by atoms with Gasteiger partial charge in [0.05, 0.1) is 18.2 Å². The first-order valence-corrected chi connectivity index (χ1v) is 6.92. The molecule has 1 atom stereocenters. The summed E-state index contributed by atoms with van der Waals surface area (Å²) in [6.07, 6.45) is 2.59. The van der Waals surface area contributed by atoms with Crippen LogP contribution in [0.2, 0.25) is 0 Å². The Hall–Kier alpha value is -1.92. The molecule has 0 amide bonds. The van der Waals surface area contributed by atoms with E-state index in [0.29, 0.717) is 11.3 Å². The van der Waals surface area contributed by atoms with E-state index in [4.69, 9.17) is 14.2 Å². The number of halogens is 1. The first-order chi connectivity index (χ1) is 10.0. The summed E-state index contributed by atoms with van der Waals surface area (Å²) in [5.74, 6) is -1.66. The molecule has 108 valence electrons. The number of hydrogen-bond donors (Lipinski definition) is 0. The zero-order valence-corrected chi connectivity index (χ0v) is 12.9. The lowest BCUT2D eigenvalue weighted by Crippen LogP contribution is -2.47. The van der Waals surface area contributed by atoms with Crippen molar-refractivity contribution in [3.8, 4) is 5.75 Å². The number of ether oxygens (including phenoxy) is 3. The van der Waals surface area contributed by atoms with Gasteiger partial charge in [0.15, 0.2) is 11.5 Å². The average Bonchev–Trinajstić information content (AvgIpc) is 2.49. The van der Waals surface area contributed by atoms with E-state index < -0.39 is 11.6 Å². The molecule has 1 heterocycles. The van der Waals surface area contributed by atoms with E-state index in [9.17, 15) is 9.59 Å². The summed E-state index contributed by atoms with van der Waals surface area (Å²) >= 11 is 3.31. The van der Waals surface area contributed by atoms with E-state index in [1.807, 2.05) is 0 Å². The van der Waals surface area contributed by atoms with Crippen molar-refractivity contribution in [2.75, 3.05) is 14.2 Å². The first kappa shape index (κ1) is 14.0. The van der Waals surface area contributed by atoms with Gasteiger partial charge in [-0.3, -0.25) is 9.59 Å². The number of hydrogen-bond acceptors (Lipinski definition) is 5. The molecule has 0 spiro atoms. The Morgan fingerprint density at radius 2 is 2.00 bits per heavy atom. The fourth-order valence-corrected chi connectivity index (χ4v) is 2.74. The molecule has 1 aromatic carbocycles. The summed E-state index contributed by atoms with van der Waals surface area (Å²) in [5.41, 5.74) is 0.520. The molecule has 5 nitrogen and oxygen atoms in total. The summed E-state index contributed by atoms with van der Waals surface area (Å²) < 4.78 is 17.0. The molecule has 0 saturated heterocycles. The first-order valence-electron chi connectivity index (χ1n) is 6.12. The van der Waals surface area contributed by atoms with Gasteiger partial charge in [-0.05, 0) is 18.2 Å². The third kappa shape index (κ3) is 2.02. The molecule has 1 aliphatic carbocycles. The van der Waals surface area contributed by atoms with Crippen LogP contribution in [0.4, 0.5) is 0 Å². The topological polar surface area (TPSA) is 61.8 Å². The lowest BCUT2D eigenvalue weighted by atomic mass is 9.87. The lowest BCUT2D eigenvalue weighted by molar-refractivity contribution is -0.120. The van der Waals surface area contributed by atoms with Crippen LogP contribution in [0.25, 0.3) is 0 Å². The molecule has 6 heteroatoms. The van der Waals surface area contributed by atoms with Crippen LogP contribution in [0, 0.1) is 0 Å². The molecule has 2 aliphatic rings. The molecule has 0 radical (unpaired) electrons. The van der Waals surface area contributed by atoms with Gasteiger partial charge >= 0.3 is 0 Å². The lowest BCUT2D eigenvalue weighted by Gasteiger charge is -2.37. The van der Waals surface area contributed by atoms with Crippen LogP contribution in [-0.4, -0.2) is 31.6 Å². The van der Waals surface area contributed by atoms with Crippen molar-refractivity contribution in [1.29, 1.82) is 0 Å². The molecule has 0 fully saturated rings.